The van der Waals surface area contributed by atoms with E-state index in [1.54, 1.807) is 0 Å². The standard InChI is InChI=1S/C15H29N3O/c1-17-10-6-3-7-14(17)8-9-16-13-15(19)18-11-4-2-5-12-18/h14,16H,2-13H2,1H3. The van der Waals surface area contributed by atoms with Crippen LogP contribution in [0.5, 0.6) is 0 Å². The first kappa shape index (κ1) is 14.8. The van der Waals surface area contributed by atoms with Gasteiger partial charge in [-0.15, -0.1) is 0 Å². The van der Waals surface area contributed by atoms with Crippen LogP contribution in [0, 0.1) is 0 Å². The maximum atomic E-state index is 12.0. The molecular formula is C15H29N3O. The van der Waals surface area contributed by atoms with Crippen LogP contribution in [-0.4, -0.2) is 61.5 Å². The van der Waals surface area contributed by atoms with Crippen molar-refractivity contribution in [2.24, 2.45) is 0 Å². The minimum absolute atomic E-state index is 0.289. The van der Waals surface area contributed by atoms with E-state index in [-0.39, 0.29) is 5.91 Å². The maximum Gasteiger partial charge on any atom is 0.236 e. The van der Waals surface area contributed by atoms with E-state index in [0.29, 0.717) is 12.6 Å². The van der Waals surface area contributed by atoms with E-state index in [9.17, 15) is 4.79 Å². The van der Waals surface area contributed by atoms with Crippen molar-refractivity contribution in [2.75, 3.05) is 39.8 Å². The number of carbonyl (C=O) groups is 1. The number of carbonyl (C=O) groups excluding carboxylic acids is 1. The largest absolute Gasteiger partial charge is 0.342 e. The van der Waals surface area contributed by atoms with Crippen LogP contribution >= 0.6 is 0 Å². The fourth-order valence-electron chi connectivity index (χ4n) is 3.23. The predicted octanol–water partition coefficient (Wildman–Crippen LogP) is 1.46. The highest BCUT2D eigenvalue weighted by molar-refractivity contribution is 5.78. The summed E-state index contributed by atoms with van der Waals surface area (Å²) in [7, 11) is 2.22. The molecule has 0 aliphatic carbocycles. The third-order valence-electron chi connectivity index (χ3n) is 4.56. The quantitative estimate of drug-likeness (QED) is 0.766. The molecule has 2 heterocycles. The molecule has 2 aliphatic heterocycles. The van der Waals surface area contributed by atoms with Crippen LogP contribution in [0.2, 0.25) is 0 Å². The Kier molecular flexibility index (Phi) is 6.11. The van der Waals surface area contributed by atoms with Crippen molar-refractivity contribution in [3.05, 3.63) is 0 Å². The van der Waals surface area contributed by atoms with Gasteiger partial charge >= 0.3 is 0 Å². The molecule has 2 fully saturated rings. The number of nitrogens with one attached hydrogen (secondary N) is 1. The van der Waals surface area contributed by atoms with Crippen LogP contribution in [0.3, 0.4) is 0 Å². The fourth-order valence-corrected chi connectivity index (χ4v) is 3.23. The number of likely N-dealkylation sites (tertiary alicyclic amines) is 2. The molecule has 2 aliphatic rings. The van der Waals surface area contributed by atoms with Gasteiger partial charge in [-0.25, -0.2) is 0 Å². The second-order valence-electron chi connectivity index (χ2n) is 6.04. The van der Waals surface area contributed by atoms with E-state index in [4.69, 9.17) is 0 Å². The summed E-state index contributed by atoms with van der Waals surface area (Å²) in [4.78, 5) is 16.5. The van der Waals surface area contributed by atoms with Gasteiger partial charge in [-0.05, 0) is 58.7 Å². The van der Waals surface area contributed by atoms with Crippen molar-refractivity contribution in [1.29, 1.82) is 0 Å². The summed E-state index contributed by atoms with van der Waals surface area (Å²) < 4.78 is 0. The second-order valence-corrected chi connectivity index (χ2v) is 6.04. The lowest BCUT2D eigenvalue weighted by Gasteiger charge is -2.32. The summed E-state index contributed by atoms with van der Waals surface area (Å²) in [5, 5.41) is 3.33. The minimum atomic E-state index is 0.289. The Labute approximate surface area is 117 Å². The van der Waals surface area contributed by atoms with Gasteiger partial charge in [0.25, 0.3) is 0 Å². The highest BCUT2D eigenvalue weighted by Crippen LogP contribution is 2.17. The molecule has 1 N–H and O–H groups in total. The summed E-state index contributed by atoms with van der Waals surface area (Å²) in [5.74, 6) is 0.289. The zero-order chi connectivity index (χ0) is 13.5. The summed E-state index contributed by atoms with van der Waals surface area (Å²) in [6.45, 7) is 4.65. The van der Waals surface area contributed by atoms with Gasteiger partial charge in [-0.1, -0.05) is 6.42 Å². The molecule has 1 amide bonds. The summed E-state index contributed by atoms with van der Waals surface area (Å²) in [5.41, 5.74) is 0. The van der Waals surface area contributed by atoms with Gasteiger partial charge < -0.3 is 15.1 Å². The van der Waals surface area contributed by atoms with Crippen molar-refractivity contribution in [2.45, 2.75) is 51.0 Å². The summed E-state index contributed by atoms with van der Waals surface area (Å²) in [6.07, 6.45) is 8.83. The molecule has 110 valence electrons. The Morgan fingerprint density at radius 3 is 2.58 bits per heavy atom. The van der Waals surface area contributed by atoms with Crippen molar-refractivity contribution < 1.29 is 4.79 Å². The van der Waals surface area contributed by atoms with Gasteiger partial charge in [0.2, 0.25) is 5.91 Å². The average Bonchev–Trinajstić information content (AvgIpc) is 2.46. The number of amides is 1. The maximum absolute atomic E-state index is 12.0. The zero-order valence-electron chi connectivity index (χ0n) is 12.4. The number of nitrogens with zero attached hydrogens (tertiary/aromatic N) is 2. The zero-order valence-corrected chi connectivity index (χ0v) is 12.4. The van der Waals surface area contributed by atoms with Crippen LogP contribution in [-0.2, 0) is 4.79 Å². The Hall–Kier alpha value is -0.610. The molecule has 4 nitrogen and oxygen atoms in total. The van der Waals surface area contributed by atoms with E-state index in [1.165, 1.54) is 51.5 Å². The van der Waals surface area contributed by atoms with Crippen LogP contribution < -0.4 is 5.32 Å². The third-order valence-corrected chi connectivity index (χ3v) is 4.56. The molecule has 0 saturated carbocycles. The van der Waals surface area contributed by atoms with Gasteiger partial charge in [-0.2, -0.15) is 0 Å². The smallest absolute Gasteiger partial charge is 0.236 e. The van der Waals surface area contributed by atoms with E-state index >= 15 is 0 Å². The number of piperidine rings is 2. The lowest BCUT2D eigenvalue weighted by Crippen LogP contribution is -2.42. The first-order chi connectivity index (χ1) is 9.27. The molecule has 0 aromatic rings. The van der Waals surface area contributed by atoms with Crippen molar-refractivity contribution in [3.63, 3.8) is 0 Å². The van der Waals surface area contributed by atoms with Crippen molar-refractivity contribution in [3.8, 4) is 0 Å². The highest BCUT2D eigenvalue weighted by atomic mass is 16.2. The Morgan fingerprint density at radius 1 is 1.11 bits per heavy atom. The third kappa shape index (κ3) is 4.77. The topological polar surface area (TPSA) is 35.6 Å². The monoisotopic (exact) mass is 267 g/mol. The Balaban J connectivity index is 1.56. The SMILES string of the molecule is CN1CCCCC1CCNCC(=O)N1CCCCC1. The molecular weight excluding hydrogens is 238 g/mol. The van der Waals surface area contributed by atoms with Gasteiger partial charge in [-0.3, -0.25) is 4.79 Å². The molecule has 0 bridgehead atoms. The molecule has 0 aromatic carbocycles. The Bertz CT molecular complexity index is 277. The molecule has 4 heteroatoms. The number of hydrogen-bond acceptors (Lipinski definition) is 3. The first-order valence-corrected chi connectivity index (χ1v) is 7.96. The van der Waals surface area contributed by atoms with Crippen molar-refractivity contribution >= 4 is 5.91 Å². The molecule has 0 aromatic heterocycles. The average molecular weight is 267 g/mol. The van der Waals surface area contributed by atoms with E-state index in [2.05, 4.69) is 17.3 Å². The fraction of sp³-hybridized carbons (Fsp3) is 0.933. The van der Waals surface area contributed by atoms with E-state index in [0.717, 1.165) is 19.6 Å². The molecule has 0 radical (unpaired) electrons. The van der Waals surface area contributed by atoms with Gasteiger partial charge in [0.15, 0.2) is 0 Å². The second kappa shape index (κ2) is 7.85. The first-order valence-electron chi connectivity index (χ1n) is 7.96. The lowest BCUT2D eigenvalue weighted by atomic mass is 10.0. The van der Waals surface area contributed by atoms with E-state index in [1.807, 2.05) is 4.90 Å². The molecule has 0 spiro atoms. The van der Waals surface area contributed by atoms with Crippen LogP contribution in [0.1, 0.15) is 44.9 Å². The number of rotatable bonds is 5. The summed E-state index contributed by atoms with van der Waals surface area (Å²) in [6, 6.07) is 0.714. The van der Waals surface area contributed by atoms with Gasteiger partial charge in [0.1, 0.15) is 0 Å². The predicted molar refractivity (Wildman–Crippen MR) is 78.2 cm³/mol. The number of hydrogen-bond donors (Lipinski definition) is 1. The van der Waals surface area contributed by atoms with Crippen molar-refractivity contribution in [1.82, 2.24) is 15.1 Å². The lowest BCUT2D eigenvalue weighted by molar-refractivity contribution is -0.131. The molecule has 2 saturated heterocycles. The van der Waals surface area contributed by atoms with Crippen LogP contribution in [0.15, 0.2) is 0 Å². The van der Waals surface area contributed by atoms with Crippen LogP contribution in [0.4, 0.5) is 0 Å². The Morgan fingerprint density at radius 2 is 1.84 bits per heavy atom. The molecule has 2 rings (SSSR count). The minimum Gasteiger partial charge on any atom is -0.342 e. The highest BCUT2D eigenvalue weighted by Gasteiger charge is 2.19. The van der Waals surface area contributed by atoms with Gasteiger partial charge in [0.05, 0.1) is 6.54 Å². The van der Waals surface area contributed by atoms with Gasteiger partial charge in [0, 0.05) is 19.1 Å². The molecule has 1 atom stereocenters. The van der Waals surface area contributed by atoms with E-state index < -0.39 is 0 Å². The summed E-state index contributed by atoms with van der Waals surface area (Å²) >= 11 is 0. The molecule has 19 heavy (non-hydrogen) atoms. The van der Waals surface area contributed by atoms with Crippen LogP contribution in [0.25, 0.3) is 0 Å². The molecule has 1 unspecified atom stereocenters. The normalized spacial score (nSPS) is 25.5.